The van der Waals surface area contributed by atoms with E-state index >= 15 is 0 Å². The Bertz CT molecular complexity index is 1180. The van der Waals surface area contributed by atoms with Crippen molar-refractivity contribution in [2.45, 2.75) is 50.2 Å². The van der Waals surface area contributed by atoms with E-state index in [9.17, 15) is 4.79 Å². The molecule has 2 aliphatic rings. The highest BCUT2D eigenvalue weighted by atomic mass is 32.1. The number of rotatable bonds is 8. The first-order chi connectivity index (χ1) is 17.2. The van der Waals surface area contributed by atoms with Gasteiger partial charge >= 0.3 is 0 Å². The summed E-state index contributed by atoms with van der Waals surface area (Å²) >= 11 is 5.79. The normalized spacial score (nSPS) is 20.1. The van der Waals surface area contributed by atoms with Crippen molar-refractivity contribution in [1.82, 2.24) is 19.8 Å². The Morgan fingerprint density at radius 2 is 1.94 bits per heavy atom. The molecule has 1 aromatic carbocycles. The molecule has 1 aliphatic heterocycles. The van der Waals surface area contributed by atoms with Gasteiger partial charge in [0.25, 0.3) is 0 Å². The number of thiocarbonyl (C=S) groups is 1. The second-order valence-corrected chi connectivity index (χ2v) is 9.48. The molecule has 2 atom stereocenters. The number of nitrogens with zero attached hydrogens (tertiary/aromatic N) is 3. The number of carbonyl (C=O) groups excluding carboxylic acids is 1. The van der Waals surface area contributed by atoms with E-state index in [2.05, 4.69) is 43.4 Å². The maximum Gasteiger partial charge on any atom is 0.226 e. The van der Waals surface area contributed by atoms with Crippen molar-refractivity contribution in [3.63, 3.8) is 0 Å². The van der Waals surface area contributed by atoms with E-state index in [4.69, 9.17) is 17.0 Å². The average molecular weight is 490 g/mol. The third-order valence-corrected chi connectivity index (χ3v) is 7.34. The van der Waals surface area contributed by atoms with Gasteiger partial charge in [-0.05, 0) is 61.5 Å². The first-order valence-corrected chi connectivity index (χ1v) is 12.6. The van der Waals surface area contributed by atoms with Crippen molar-refractivity contribution in [2.75, 3.05) is 19.0 Å². The molecule has 7 nitrogen and oxygen atoms in total. The highest BCUT2D eigenvalue weighted by Crippen LogP contribution is 2.41. The molecular weight excluding hydrogens is 458 g/mol. The second kappa shape index (κ2) is 10.5. The minimum atomic E-state index is -0.0870. The maximum absolute atomic E-state index is 12.9. The highest BCUT2D eigenvalue weighted by Gasteiger charge is 2.41. The first kappa shape index (κ1) is 23.4. The van der Waals surface area contributed by atoms with Crippen molar-refractivity contribution in [1.29, 1.82) is 0 Å². The molecule has 0 radical (unpaired) electrons. The lowest BCUT2D eigenvalue weighted by Crippen LogP contribution is -2.33. The molecule has 5 rings (SSSR count). The van der Waals surface area contributed by atoms with Gasteiger partial charge in [-0.1, -0.05) is 31.0 Å². The van der Waals surface area contributed by atoms with Crippen LogP contribution in [0.3, 0.4) is 0 Å². The summed E-state index contributed by atoms with van der Waals surface area (Å²) in [5, 5.41) is 7.12. The molecule has 2 N–H and O–H groups in total. The van der Waals surface area contributed by atoms with E-state index in [0.717, 1.165) is 5.69 Å². The molecule has 182 valence electrons. The number of ether oxygens (including phenoxy) is 1. The highest BCUT2D eigenvalue weighted by molar-refractivity contribution is 7.80. The van der Waals surface area contributed by atoms with Crippen LogP contribution >= 0.6 is 12.2 Å². The van der Waals surface area contributed by atoms with Gasteiger partial charge in [-0.15, -0.1) is 0 Å². The number of nitrogens with one attached hydrogen (secondary N) is 2. The van der Waals surface area contributed by atoms with Gasteiger partial charge in [-0.3, -0.25) is 9.78 Å². The number of benzene rings is 1. The van der Waals surface area contributed by atoms with Crippen LogP contribution in [-0.4, -0.2) is 39.1 Å². The molecule has 1 saturated heterocycles. The largest absolute Gasteiger partial charge is 0.495 e. The van der Waals surface area contributed by atoms with Crippen molar-refractivity contribution in [3.05, 3.63) is 78.4 Å². The molecule has 2 aromatic heterocycles. The fraction of sp³-hybridized carbons (Fsp3) is 0.370. The summed E-state index contributed by atoms with van der Waals surface area (Å²) in [4.78, 5) is 19.7. The number of hydrogen-bond donors (Lipinski definition) is 2. The van der Waals surface area contributed by atoms with Gasteiger partial charge in [0.15, 0.2) is 5.11 Å². The van der Waals surface area contributed by atoms with E-state index in [0.29, 0.717) is 35.6 Å². The fourth-order valence-corrected chi connectivity index (χ4v) is 5.66. The molecular formula is C27H31N5O2S. The summed E-state index contributed by atoms with van der Waals surface area (Å²) in [6, 6.07) is 18.1. The van der Waals surface area contributed by atoms with Crippen LogP contribution in [0.5, 0.6) is 5.75 Å². The SMILES string of the molecule is COc1ccccc1NC(=O)CCN1C(=S)NC(c2ccccn2)C1c1cccn1C1CCCC1. The molecule has 3 heterocycles. The minimum Gasteiger partial charge on any atom is -0.495 e. The Labute approximate surface area is 211 Å². The van der Waals surface area contributed by atoms with Crippen LogP contribution in [0.15, 0.2) is 67.0 Å². The smallest absolute Gasteiger partial charge is 0.226 e. The number of aromatic nitrogens is 2. The van der Waals surface area contributed by atoms with Crippen molar-refractivity contribution < 1.29 is 9.53 Å². The molecule has 8 heteroatoms. The van der Waals surface area contributed by atoms with Crippen LogP contribution in [0.1, 0.15) is 61.6 Å². The average Bonchev–Trinajstić information content (AvgIpc) is 3.63. The van der Waals surface area contributed by atoms with Crippen LogP contribution in [0, 0.1) is 0 Å². The van der Waals surface area contributed by atoms with E-state index in [-0.39, 0.29) is 18.0 Å². The van der Waals surface area contributed by atoms with Gasteiger partial charge in [0.2, 0.25) is 5.91 Å². The Hall–Kier alpha value is -3.39. The summed E-state index contributed by atoms with van der Waals surface area (Å²) < 4.78 is 7.79. The summed E-state index contributed by atoms with van der Waals surface area (Å²) in [6.45, 7) is 0.497. The van der Waals surface area contributed by atoms with E-state index in [1.54, 1.807) is 7.11 Å². The lowest BCUT2D eigenvalue weighted by Gasteiger charge is -2.30. The molecule has 1 amide bonds. The van der Waals surface area contributed by atoms with Crippen molar-refractivity contribution in [3.8, 4) is 5.75 Å². The summed E-state index contributed by atoms with van der Waals surface area (Å²) in [6.07, 6.45) is 9.23. The van der Waals surface area contributed by atoms with Crippen LogP contribution in [-0.2, 0) is 4.79 Å². The molecule has 1 aliphatic carbocycles. The Morgan fingerprint density at radius 3 is 2.71 bits per heavy atom. The van der Waals surface area contributed by atoms with Crippen molar-refractivity contribution >= 4 is 28.9 Å². The summed E-state index contributed by atoms with van der Waals surface area (Å²) in [5.41, 5.74) is 2.82. The molecule has 2 unspecified atom stereocenters. The monoisotopic (exact) mass is 489 g/mol. The zero-order valence-electron chi connectivity index (χ0n) is 19.9. The topological polar surface area (TPSA) is 71.4 Å². The third kappa shape index (κ3) is 4.89. The standard InChI is InChI=1S/C27H31N5O2S/c1-34-23-14-5-4-11-20(23)29-24(33)15-18-32-26(22-13-8-17-31(22)19-9-2-3-10-19)25(30-27(32)35)21-12-6-7-16-28-21/h4-8,11-14,16-17,19,25-26H,2-3,9-10,15,18H2,1H3,(H,29,33)(H,30,35). The molecule has 1 saturated carbocycles. The predicted octanol–water partition coefficient (Wildman–Crippen LogP) is 5.01. The number of hydrogen-bond acceptors (Lipinski definition) is 4. The molecule has 0 bridgehead atoms. The first-order valence-electron chi connectivity index (χ1n) is 12.2. The molecule has 3 aromatic rings. The van der Waals surface area contributed by atoms with Gasteiger partial charge in [-0.2, -0.15) is 0 Å². The zero-order valence-corrected chi connectivity index (χ0v) is 20.7. The quantitative estimate of drug-likeness (QED) is 0.434. The Morgan fingerprint density at radius 1 is 1.14 bits per heavy atom. The number of methoxy groups -OCH3 is 1. The van der Waals surface area contributed by atoms with Gasteiger partial charge in [-0.25, -0.2) is 0 Å². The summed E-state index contributed by atoms with van der Waals surface area (Å²) in [7, 11) is 1.60. The predicted molar refractivity (Wildman–Crippen MR) is 140 cm³/mol. The fourth-order valence-electron chi connectivity index (χ4n) is 5.32. The third-order valence-electron chi connectivity index (χ3n) is 6.99. The van der Waals surface area contributed by atoms with Crippen LogP contribution in [0.4, 0.5) is 5.69 Å². The Kier molecular flexibility index (Phi) is 6.99. The molecule has 2 fully saturated rings. The van der Waals surface area contributed by atoms with Crippen LogP contribution in [0.2, 0.25) is 0 Å². The minimum absolute atomic E-state index is 0.0490. The lowest BCUT2D eigenvalue weighted by atomic mass is 10.0. The number of amides is 1. The second-order valence-electron chi connectivity index (χ2n) is 9.10. The zero-order chi connectivity index (χ0) is 24.2. The number of anilines is 1. The van der Waals surface area contributed by atoms with E-state index in [1.165, 1.54) is 31.4 Å². The van der Waals surface area contributed by atoms with Gasteiger partial charge in [0.05, 0.1) is 30.6 Å². The Balaban J connectivity index is 1.39. The van der Waals surface area contributed by atoms with Crippen LogP contribution < -0.4 is 15.4 Å². The van der Waals surface area contributed by atoms with E-state index in [1.807, 2.05) is 48.7 Å². The number of pyridine rings is 1. The van der Waals surface area contributed by atoms with Crippen LogP contribution in [0.25, 0.3) is 0 Å². The van der Waals surface area contributed by atoms with Gasteiger partial charge < -0.3 is 24.8 Å². The number of para-hydroxylation sites is 2. The number of carbonyl (C=O) groups is 1. The molecule has 0 spiro atoms. The van der Waals surface area contributed by atoms with Gasteiger partial charge in [0.1, 0.15) is 5.75 Å². The lowest BCUT2D eigenvalue weighted by molar-refractivity contribution is -0.116. The molecule has 35 heavy (non-hydrogen) atoms. The van der Waals surface area contributed by atoms with Crippen molar-refractivity contribution in [2.24, 2.45) is 0 Å². The van der Waals surface area contributed by atoms with Gasteiger partial charge in [0, 0.05) is 37.1 Å². The summed E-state index contributed by atoms with van der Waals surface area (Å²) in [5.74, 6) is 0.560. The van der Waals surface area contributed by atoms with E-state index < -0.39 is 0 Å². The maximum atomic E-state index is 12.9.